The van der Waals surface area contributed by atoms with Gasteiger partial charge in [-0.25, -0.2) is 4.79 Å². The highest BCUT2D eigenvalue weighted by Gasteiger charge is 2.29. The third-order valence-electron chi connectivity index (χ3n) is 3.27. The number of cyclic esters (lactones) is 1. The summed E-state index contributed by atoms with van der Waals surface area (Å²) in [7, 11) is 0. The van der Waals surface area contributed by atoms with Crippen molar-refractivity contribution in [1.29, 1.82) is 0 Å². The monoisotopic (exact) mass is 233 g/mol. The molecule has 1 aliphatic rings. The number of nitrogens with zero attached hydrogens (tertiary/aromatic N) is 1. The Bertz CT molecular complexity index is 414. The van der Waals surface area contributed by atoms with E-state index in [1.807, 2.05) is 32.0 Å². The Morgan fingerprint density at radius 3 is 2.65 bits per heavy atom. The van der Waals surface area contributed by atoms with E-state index in [1.54, 1.807) is 4.90 Å². The van der Waals surface area contributed by atoms with E-state index in [4.69, 9.17) is 4.74 Å². The predicted molar refractivity (Wildman–Crippen MR) is 66.9 cm³/mol. The second kappa shape index (κ2) is 4.78. The number of aryl methyl sites for hydroxylation is 1. The second-order valence-corrected chi connectivity index (χ2v) is 4.80. The predicted octanol–water partition coefficient (Wildman–Crippen LogP) is 3.29. The van der Waals surface area contributed by atoms with E-state index in [0.29, 0.717) is 0 Å². The minimum Gasteiger partial charge on any atom is -0.441 e. The minimum absolute atomic E-state index is 0.0845. The molecule has 1 aliphatic heterocycles. The van der Waals surface area contributed by atoms with Gasteiger partial charge >= 0.3 is 6.09 Å². The molecule has 1 saturated heterocycles. The van der Waals surface area contributed by atoms with Crippen molar-refractivity contribution in [3.05, 3.63) is 35.4 Å². The Morgan fingerprint density at radius 2 is 2.06 bits per heavy atom. The Morgan fingerprint density at radius 1 is 1.35 bits per heavy atom. The molecule has 1 aromatic rings. The van der Waals surface area contributed by atoms with Crippen LogP contribution in [0.2, 0.25) is 0 Å². The number of rotatable bonds is 2. The van der Waals surface area contributed by atoms with Crippen LogP contribution >= 0.6 is 0 Å². The molecule has 0 spiro atoms. The molecule has 0 saturated carbocycles. The molecule has 1 aromatic carbocycles. The number of ether oxygens (including phenoxy) is 1. The van der Waals surface area contributed by atoms with Crippen molar-refractivity contribution in [3.63, 3.8) is 0 Å². The standard InChI is InChI=1S/C14H19NO2/c1-10(2)15-9-8-13(17-14(15)16)12-7-5-4-6-11(12)3/h4-7,10,13H,8-9H2,1-3H3/t13-/m0/s1. The van der Waals surface area contributed by atoms with Crippen LogP contribution in [0.4, 0.5) is 4.79 Å². The first-order valence-corrected chi connectivity index (χ1v) is 6.12. The van der Waals surface area contributed by atoms with Gasteiger partial charge in [-0.3, -0.25) is 0 Å². The van der Waals surface area contributed by atoms with Crippen LogP contribution in [-0.4, -0.2) is 23.6 Å². The lowest BCUT2D eigenvalue weighted by Gasteiger charge is -2.34. The summed E-state index contributed by atoms with van der Waals surface area (Å²) in [5, 5.41) is 0. The van der Waals surface area contributed by atoms with E-state index in [-0.39, 0.29) is 18.2 Å². The van der Waals surface area contributed by atoms with Gasteiger partial charge in [-0.15, -0.1) is 0 Å². The fourth-order valence-electron chi connectivity index (χ4n) is 2.23. The number of carbonyl (C=O) groups excluding carboxylic acids is 1. The molecule has 1 atom stereocenters. The summed E-state index contributed by atoms with van der Waals surface area (Å²) in [6.07, 6.45) is 0.590. The number of hydrogen-bond acceptors (Lipinski definition) is 2. The van der Waals surface area contributed by atoms with Crippen molar-refractivity contribution in [3.8, 4) is 0 Å². The third kappa shape index (κ3) is 2.43. The molecule has 92 valence electrons. The van der Waals surface area contributed by atoms with Crippen LogP contribution in [-0.2, 0) is 4.74 Å². The second-order valence-electron chi connectivity index (χ2n) is 4.80. The topological polar surface area (TPSA) is 29.5 Å². The molecule has 0 radical (unpaired) electrons. The number of amides is 1. The highest BCUT2D eigenvalue weighted by molar-refractivity contribution is 5.69. The zero-order chi connectivity index (χ0) is 12.4. The molecule has 0 aliphatic carbocycles. The van der Waals surface area contributed by atoms with Gasteiger partial charge in [-0.1, -0.05) is 24.3 Å². The van der Waals surface area contributed by atoms with Crippen LogP contribution < -0.4 is 0 Å². The number of hydrogen-bond donors (Lipinski definition) is 0. The summed E-state index contributed by atoms with van der Waals surface area (Å²) in [5.74, 6) is 0. The normalized spacial score (nSPS) is 20.6. The molecule has 0 bridgehead atoms. The van der Waals surface area contributed by atoms with Gasteiger partial charge in [0.25, 0.3) is 0 Å². The highest BCUT2D eigenvalue weighted by atomic mass is 16.6. The van der Waals surface area contributed by atoms with Crippen molar-refractivity contribution >= 4 is 6.09 Å². The maximum absolute atomic E-state index is 11.8. The third-order valence-corrected chi connectivity index (χ3v) is 3.27. The molecule has 0 unspecified atom stereocenters. The zero-order valence-electron chi connectivity index (χ0n) is 10.6. The molecule has 17 heavy (non-hydrogen) atoms. The fourth-order valence-corrected chi connectivity index (χ4v) is 2.23. The lowest BCUT2D eigenvalue weighted by atomic mass is 10.00. The fraction of sp³-hybridized carbons (Fsp3) is 0.500. The maximum Gasteiger partial charge on any atom is 0.410 e. The molecular formula is C14H19NO2. The van der Waals surface area contributed by atoms with Crippen molar-refractivity contribution in [2.45, 2.75) is 39.3 Å². The van der Waals surface area contributed by atoms with Crippen LogP contribution in [0.3, 0.4) is 0 Å². The molecule has 3 heteroatoms. The maximum atomic E-state index is 11.8. The molecule has 1 fully saturated rings. The Kier molecular flexibility index (Phi) is 3.36. The van der Waals surface area contributed by atoms with Gasteiger partial charge in [0, 0.05) is 19.0 Å². The van der Waals surface area contributed by atoms with Crippen molar-refractivity contribution < 1.29 is 9.53 Å². The van der Waals surface area contributed by atoms with Crippen molar-refractivity contribution in [1.82, 2.24) is 4.90 Å². The van der Waals surface area contributed by atoms with Gasteiger partial charge in [0.05, 0.1) is 0 Å². The van der Waals surface area contributed by atoms with E-state index in [2.05, 4.69) is 13.0 Å². The summed E-state index contributed by atoms with van der Waals surface area (Å²) in [6.45, 7) is 6.85. The zero-order valence-corrected chi connectivity index (χ0v) is 10.6. The molecular weight excluding hydrogens is 214 g/mol. The smallest absolute Gasteiger partial charge is 0.410 e. The number of benzene rings is 1. The van der Waals surface area contributed by atoms with E-state index < -0.39 is 0 Å². The Labute approximate surface area is 102 Å². The quantitative estimate of drug-likeness (QED) is 0.784. The SMILES string of the molecule is Cc1ccccc1[C@@H]1CCN(C(C)C)C(=O)O1. The average Bonchev–Trinajstić information content (AvgIpc) is 2.29. The van der Waals surface area contributed by atoms with Gasteiger partial charge in [0.2, 0.25) is 0 Å². The molecule has 3 nitrogen and oxygen atoms in total. The van der Waals surface area contributed by atoms with E-state index in [9.17, 15) is 4.79 Å². The first-order chi connectivity index (χ1) is 8.09. The van der Waals surface area contributed by atoms with Crippen LogP contribution in [0, 0.1) is 6.92 Å². The summed E-state index contributed by atoms with van der Waals surface area (Å²) in [6, 6.07) is 8.30. The van der Waals surface area contributed by atoms with Crippen LogP contribution in [0.1, 0.15) is 37.5 Å². The summed E-state index contributed by atoms with van der Waals surface area (Å²) in [5.41, 5.74) is 2.31. The lowest BCUT2D eigenvalue weighted by Crippen LogP contribution is -2.43. The van der Waals surface area contributed by atoms with Crippen molar-refractivity contribution in [2.24, 2.45) is 0 Å². The van der Waals surface area contributed by atoms with E-state index in [0.717, 1.165) is 18.5 Å². The first kappa shape index (κ1) is 12.0. The average molecular weight is 233 g/mol. The van der Waals surface area contributed by atoms with Gasteiger partial charge in [-0.05, 0) is 31.9 Å². The van der Waals surface area contributed by atoms with E-state index >= 15 is 0 Å². The molecule has 0 aromatic heterocycles. The van der Waals surface area contributed by atoms with Gasteiger partial charge < -0.3 is 9.64 Å². The van der Waals surface area contributed by atoms with Crippen LogP contribution in [0.5, 0.6) is 0 Å². The minimum atomic E-state index is -0.195. The number of carbonyl (C=O) groups is 1. The summed E-state index contributed by atoms with van der Waals surface area (Å²) in [4.78, 5) is 13.6. The summed E-state index contributed by atoms with van der Waals surface area (Å²) < 4.78 is 5.51. The Balaban J connectivity index is 2.13. The van der Waals surface area contributed by atoms with E-state index in [1.165, 1.54) is 5.56 Å². The lowest BCUT2D eigenvalue weighted by molar-refractivity contribution is 0.0148. The largest absolute Gasteiger partial charge is 0.441 e. The van der Waals surface area contributed by atoms with Gasteiger partial charge in [0.1, 0.15) is 6.10 Å². The van der Waals surface area contributed by atoms with Crippen molar-refractivity contribution in [2.75, 3.05) is 6.54 Å². The van der Waals surface area contributed by atoms with Crippen LogP contribution in [0.25, 0.3) is 0 Å². The molecule has 1 heterocycles. The highest BCUT2D eigenvalue weighted by Crippen LogP contribution is 2.29. The van der Waals surface area contributed by atoms with Gasteiger partial charge in [0.15, 0.2) is 0 Å². The summed E-state index contributed by atoms with van der Waals surface area (Å²) >= 11 is 0. The first-order valence-electron chi connectivity index (χ1n) is 6.12. The van der Waals surface area contributed by atoms with Gasteiger partial charge in [-0.2, -0.15) is 0 Å². The Hall–Kier alpha value is -1.51. The molecule has 1 amide bonds. The molecule has 2 rings (SSSR count). The molecule has 0 N–H and O–H groups in total. The van der Waals surface area contributed by atoms with Crippen LogP contribution in [0.15, 0.2) is 24.3 Å².